The molecule has 1 saturated heterocycles. The first kappa shape index (κ1) is 15.2. The van der Waals surface area contributed by atoms with E-state index in [-0.39, 0.29) is 17.6 Å². The maximum Gasteiger partial charge on any atom is 0.254 e. The highest BCUT2D eigenvalue weighted by molar-refractivity contribution is 5.95. The molecule has 1 aliphatic heterocycles. The summed E-state index contributed by atoms with van der Waals surface area (Å²) in [4.78, 5) is 14.9. The molecule has 124 valence electrons. The largest absolute Gasteiger partial charge is 0.396 e. The topological polar surface area (TPSA) is 46.3 Å². The number of amides is 1. The number of carbonyl (C=O) groups is 1. The van der Waals surface area contributed by atoms with Gasteiger partial charge in [-0.15, -0.1) is 0 Å². The maximum absolute atomic E-state index is 13.7. The standard InChI is InChI=1S/C20H21FN2O/c21-17-12-14(7-9-18(17)22)20(24)23-11-3-6-16-15-5-2-1-4-13(15)8-10-19(16)23/h1-2,4-5,7,9,12,16,19H,3,6,8,10-11,22H2. The molecule has 24 heavy (non-hydrogen) atoms. The van der Waals surface area contributed by atoms with Crippen LogP contribution in [0.1, 0.15) is 46.7 Å². The zero-order chi connectivity index (χ0) is 16.7. The second-order valence-corrected chi connectivity index (χ2v) is 6.79. The van der Waals surface area contributed by atoms with Crippen molar-refractivity contribution in [2.24, 2.45) is 0 Å². The lowest BCUT2D eigenvalue weighted by molar-refractivity contribution is 0.0546. The molecule has 2 N–H and O–H groups in total. The Kier molecular flexibility index (Phi) is 3.75. The lowest BCUT2D eigenvalue weighted by Gasteiger charge is -2.45. The van der Waals surface area contributed by atoms with Crippen LogP contribution >= 0.6 is 0 Å². The molecule has 2 aromatic rings. The van der Waals surface area contributed by atoms with Gasteiger partial charge in [-0.25, -0.2) is 4.39 Å². The third-order valence-electron chi connectivity index (χ3n) is 5.45. The molecule has 3 nitrogen and oxygen atoms in total. The molecule has 0 radical (unpaired) electrons. The highest BCUT2D eigenvalue weighted by atomic mass is 19.1. The van der Waals surface area contributed by atoms with Gasteiger partial charge in [-0.1, -0.05) is 24.3 Å². The molecule has 1 aliphatic carbocycles. The number of nitrogen functional groups attached to an aromatic ring is 1. The molecule has 4 rings (SSSR count). The van der Waals surface area contributed by atoms with Crippen molar-refractivity contribution in [3.8, 4) is 0 Å². The first-order valence-electron chi connectivity index (χ1n) is 8.59. The molecular weight excluding hydrogens is 303 g/mol. The Morgan fingerprint density at radius 2 is 2.00 bits per heavy atom. The van der Waals surface area contributed by atoms with Crippen LogP contribution in [0.5, 0.6) is 0 Å². The van der Waals surface area contributed by atoms with Gasteiger partial charge >= 0.3 is 0 Å². The number of hydrogen-bond acceptors (Lipinski definition) is 2. The highest BCUT2D eigenvalue weighted by Crippen LogP contribution is 2.41. The number of halogens is 1. The average Bonchev–Trinajstić information content (AvgIpc) is 2.62. The number of fused-ring (bicyclic) bond motifs is 3. The Hall–Kier alpha value is -2.36. The van der Waals surface area contributed by atoms with Crippen LogP contribution in [0, 0.1) is 5.82 Å². The fraction of sp³-hybridized carbons (Fsp3) is 0.350. The van der Waals surface area contributed by atoms with Crippen LogP contribution in [-0.2, 0) is 6.42 Å². The van der Waals surface area contributed by atoms with Gasteiger partial charge in [0.15, 0.2) is 0 Å². The molecule has 2 aromatic carbocycles. The fourth-order valence-corrected chi connectivity index (χ4v) is 4.28. The molecule has 0 bridgehead atoms. The van der Waals surface area contributed by atoms with Crippen molar-refractivity contribution in [3.63, 3.8) is 0 Å². The highest BCUT2D eigenvalue weighted by Gasteiger charge is 2.38. The van der Waals surface area contributed by atoms with Crippen molar-refractivity contribution in [1.82, 2.24) is 4.90 Å². The minimum Gasteiger partial charge on any atom is -0.396 e. The van der Waals surface area contributed by atoms with Crippen LogP contribution < -0.4 is 5.73 Å². The summed E-state index contributed by atoms with van der Waals surface area (Å²) in [6.07, 6.45) is 4.07. The molecule has 1 fully saturated rings. The number of rotatable bonds is 1. The van der Waals surface area contributed by atoms with E-state index in [4.69, 9.17) is 5.73 Å². The smallest absolute Gasteiger partial charge is 0.254 e. The molecule has 1 amide bonds. The first-order chi connectivity index (χ1) is 11.6. The summed E-state index contributed by atoms with van der Waals surface area (Å²) in [5.74, 6) is -0.211. The summed E-state index contributed by atoms with van der Waals surface area (Å²) in [6.45, 7) is 0.744. The van der Waals surface area contributed by atoms with Crippen molar-refractivity contribution in [3.05, 3.63) is 65.0 Å². The van der Waals surface area contributed by atoms with Crippen LogP contribution in [0.25, 0.3) is 0 Å². The Morgan fingerprint density at radius 3 is 2.83 bits per heavy atom. The third kappa shape index (κ3) is 2.46. The lowest BCUT2D eigenvalue weighted by Crippen LogP contribution is -2.49. The van der Waals surface area contributed by atoms with Crippen molar-refractivity contribution in [1.29, 1.82) is 0 Å². The van der Waals surface area contributed by atoms with E-state index < -0.39 is 5.82 Å². The van der Waals surface area contributed by atoms with E-state index in [1.807, 2.05) is 4.90 Å². The van der Waals surface area contributed by atoms with Gasteiger partial charge in [0.2, 0.25) is 0 Å². The molecule has 1 heterocycles. The number of nitrogens with two attached hydrogens (primary N) is 1. The number of piperidine rings is 1. The fourth-order valence-electron chi connectivity index (χ4n) is 4.28. The molecule has 0 spiro atoms. The maximum atomic E-state index is 13.7. The molecule has 2 aliphatic rings. The Labute approximate surface area is 141 Å². The van der Waals surface area contributed by atoms with E-state index in [1.54, 1.807) is 6.07 Å². The first-order valence-corrected chi connectivity index (χ1v) is 8.59. The number of hydrogen-bond donors (Lipinski definition) is 1. The van der Waals surface area contributed by atoms with Gasteiger partial charge in [0, 0.05) is 24.1 Å². The summed E-state index contributed by atoms with van der Waals surface area (Å²) < 4.78 is 13.7. The van der Waals surface area contributed by atoms with E-state index in [2.05, 4.69) is 24.3 Å². The molecule has 0 aromatic heterocycles. The van der Waals surface area contributed by atoms with Gasteiger partial charge in [-0.05, 0) is 55.0 Å². The van der Waals surface area contributed by atoms with E-state index in [0.29, 0.717) is 11.5 Å². The number of anilines is 1. The van der Waals surface area contributed by atoms with Crippen LogP contribution in [-0.4, -0.2) is 23.4 Å². The van der Waals surface area contributed by atoms with Crippen LogP contribution in [0.2, 0.25) is 0 Å². The predicted octanol–water partition coefficient (Wildman–Crippen LogP) is 3.74. The number of nitrogens with zero attached hydrogens (tertiary/aromatic N) is 1. The van der Waals surface area contributed by atoms with E-state index in [1.165, 1.54) is 23.3 Å². The number of carbonyl (C=O) groups excluding carboxylic acids is 1. The molecule has 2 atom stereocenters. The molecule has 2 unspecified atom stereocenters. The van der Waals surface area contributed by atoms with E-state index in [9.17, 15) is 9.18 Å². The summed E-state index contributed by atoms with van der Waals surface area (Å²) >= 11 is 0. The van der Waals surface area contributed by atoms with E-state index in [0.717, 1.165) is 32.2 Å². The minimum absolute atomic E-state index is 0.0784. The van der Waals surface area contributed by atoms with Gasteiger partial charge < -0.3 is 10.6 Å². The van der Waals surface area contributed by atoms with Crippen LogP contribution in [0.3, 0.4) is 0 Å². The molecular formula is C20H21FN2O. The number of benzene rings is 2. The van der Waals surface area contributed by atoms with Crippen molar-refractivity contribution in [2.45, 2.75) is 37.6 Å². The lowest BCUT2D eigenvalue weighted by atomic mass is 9.74. The second-order valence-electron chi connectivity index (χ2n) is 6.79. The third-order valence-corrected chi connectivity index (χ3v) is 5.45. The normalized spacial score (nSPS) is 22.6. The van der Waals surface area contributed by atoms with E-state index >= 15 is 0 Å². The van der Waals surface area contributed by atoms with Crippen LogP contribution in [0.4, 0.5) is 10.1 Å². The Balaban J connectivity index is 1.64. The quantitative estimate of drug-likeness (QED) is 0.812. The van der Waals surface area contributed by atoms with Crippen LogP contribution in [0.15, 0.2) is 42.5 Å². The molecule has 4 heteroatoms. The van der Waals surface area contributed by atoms with Crippen molar-refractivity contribution >= 4 is 11.6 Å². The number of aryl methyl sites for hydroxylation is 1. The minimum atomic E-state index is -0.525. The summed E-state index contributed by atoms with van der Waals surface area (Å²) in [6, 6.07) is 13.1. The predicted molar refractivity (Wildman–Crippen MR) is 92.4 cm³/mol. The van der Waals surface area contributed by atoms with Gasteiger partial charge in [-0.2, -0.15) is 0 Å². The van der Waals surface area contributed by atoms with Gasteiger partial charge in [0.1, 0.15) is 5.82 Å². The zero-order valence-electron chi connectivity index (χ0n) is 13.5. The van der Waals surface area contributed by atoms with Gasteiger partial charge in [0.25, 0.3) is 5.91 Å². The second kappa shape index (κ2) is 5.93. The SMILES string of the molecule is Nc1ccc(C(=O)N2CCCC3c4ccccc4CCC32)cc1F. The van der Waals surface area contributed by atoms with Gasteiger partial charge in [-0.3, -0.25) is 4.79 Å². The average molecular weight is 324 g/mol. The van der Waals surface area contributed by atoms with Crippen molar-refractivity contribution < 1.29 is 9.18 Å². The zero-order valence-corrected chi connectivity index (χ0v) is 13.5. The summed E-state index contributed by atoms with van der Waals surface area (Å²) in [5, 5.41) is 0. The Bertz CT molecular complexity index is 789. The van der Waals surface area contributed by atoms with Gasteiger partial charge in [0.05, 0.1) is 5.69 Å². The number of likely N-dealkylation sites (tertiary alicyclic amines) is 1. The monoisotopic (exact) mass is 324 g/mol. The summed E-state index contributed by atoms with van der Waals surface area (Å²) in [7, 11) is 0. The van der Waals surface area contributed by atoms with Crippen molar-refractivity contribution in [2.75, 3.05) is 12.3 Å². The molecule has 0 saturated carbocycles. The summed E-state index contributed by atoms with van der Waals surface area (Å²) in [5.41, 5.74) is 8.79. The Morgan fingerprint density at radius 1 is 1.17 bits per heavy atom.